The van der Waals surface area contributed by atoms with Gasteiger partial charge in [-0.1, -0.05) is 49.9 Å². The van der Waals surface area contributed by atoms with Gasteiger partial charge in [-0.15, -0.1) is 5.11 Å². The molecule has 1 saturated carbocycles. The van der Waals surface area contributed by atoms with Crippen molar-refractivity contribution in [3.63, 3.8) is 0 Å². The summed E-state index contributed by atoms with van der Waals surface area (Å²) in [5, 5.41) is 29.3. The van der Waals surface area contributed by atoms with Crippen molar-refractivity contribution in [3.8, 4) is 5.88 Å². The molecule has 5 heterocycles. The Kier molecular flexibility index (Phi) is 13.8. The third-order valence-electron chi connectivity index (χ3n) is 11.9. The average molecular weight is 887 g/mol. The second-order valence-corrected chi connectivity index (χ2v) is 21.4. The second kappa shape index (κ2) is 19.4. The molecule has 1 aliphatic carbocycles. The van der Waals surface area contributed by atoms with Gasteiger partial charge in [0.25, 0.3) is 5.56 Å². The maximum absolute atomic E-state index is 12.6. The monoisotopic (exact) mass is 886 g/mol. The molecule has 18 nitrogen and oxygen atoms in total. The van der Waals surface area contributed by atoms with Gasteiger partial charge in [0.15, 0.2) is 0 Å². The number of pyridine rings is 1. The highest BCUT2D eigenvalue weighted by Gasteiger charge is 2.64. The number of nitrogens with one attached hydrogen (secondary N) is 3. The normalized spacial score (nSPS) is 27.1. The van der Waals surface area contributed by atoms with Crippen molar-refractivity contribution in [1.29, 1.82) is 0 Å². The highest BCUT2D eigenvalue weighted by Crippen LogP contribution is 2.45. The number of nitrogens with zero attached hydrogens (tertiary/aromatic N) is 6. The van der Waals surface area contributed by atoms with Crippen LogP contribution in [0.1, 0.15) is 75.8 Å². The minimum Gasteiger partial charge on any atom is -0.493 e. The van der Waals surface area contributed by atoms with E-state index in [1.807, 2.05) is 42.5 Å². The maximum Gasteiger partial charge on any atom is 0.502 e. The van der Waals surface area contributed by atoms with Crippen molar-refractivity contribution < 1.29 is 32.0 Å². The molecule has 0 spiro atoms. The van der Waals surface area contributed by atoms with Crippen molar-refractivity contribution in [2.45, 2.75) is 128 Å². The molecule has 62 heavy (non-hydrogen) atoms. The van der Waals surface area contributed by atoms with Gasteiger partial charge in [-0.05, 0) is 88.9 Å². The molecule has 2 aromatic carbocycles. The van der Waals surface area contributed by atoms with Gasteiger partial charge in [0.05, 0.1) is 36.2 Å². The van der Waals surface area contributed by atoms with Crippen LogP contribution in [0.15, 0.2) is 69.6 Å². The summed E-state index contributed by atoms with van der Waals surface area (Å²) in [7, 11) is -6.29. The predicted octanol–water partition coefficient (Wildman–Crippen LogP) is 7.01. The van der Waals surface area contributed by atoms with Crippen molar-refractivity contribution in [2.75, 3.05) is 29.0 Å². The van der Waals surface area contributed by atoms with Crippen LogP contribution in [0.4, 0.5) is 40.6 Å². The Morgan fingerprint density at radius 2 is 1.48 bits per heavy atom. The molecule has 4 fully saturated rings. The van der Waals surface area contributed by atoms with Crippen LogP contribution in [0.5, 0.6) is 5.88 Å². The first-order valence-electron chi connectivity index (χ1n) is 21.9. The first kappa shape index (κ1) is 44.0. The lowest BCUT2D eigenvalue weighted by Gasteiger charge is -2.33. The highest BCUT2D eigenvalue weighted by molar-refractivity contribution is 6.62. The van der Waals surface area contributed by atoms with E-state index in [0.29, 0.717) is 72.9 Å². The number of hydrogen-bond donors (Lipinski definition) is 6. The van der Waals surface area contributed by atoms with Crippen LogP contribution in [-0.4, -0.2) is 90.6 Å². The molecule has 0 radical (unpaired) electrons. The molecule has 20 heteroatoms. The predicted molar refractivity (Wildman–Crippen MR) is 238 cm³/mol. The summed E-state index contributed by atoms with van der Waals surface area (Å²) in [6.45, 7) is 6.53. The van der Waals surface area contributed by atoms with Crippen LogP contribution in [-0.2, 0) is 28.7 Å². The fourth-order valence-electron chi connectivity index (χ4n) is 8.62. The first-order valence-corrected chi connectivity index (χ1v) is 25.8. The van der Waals surface area contributed by atoms with Gasteiger partial charge < -0.3 is 53.7 Å². The molecule has 2 bridgehead atoms. The Hall–Kier alpha value is -4.65. The molecule has 7 N–H and O–H groups in total. The zero-order valence-electron chi connectivity index (χ0n) is 35.6. The van der Waals surface area contributed by atoms with Gasteiger partial charge in [-0.2, -0.15) is 20.1 Å². The van der Waals surface area contributed by atoms with Gasteiger partial charge in [0.1, 0.15) is 5.69 Å². The summed E-state index contributed by atoms with van der Waals surface area (Å²) in [5.74, 6) is 0.685. The number of aromatic hydroxyl groups is 1. The van der Waals surface area contributed by atoms with Crippen LogP contribution >= 0.6 is 0 Å². The van der Waals surface area contributed by atoms with Crippen molar-refractivity contribution in [2.24, 2.45) is 16.0 Å². The van der Waals surface area contributed by atoms with Crippen molar-refractivity contribution in [1.82, 2.24) is 19.5 Å². The summed E-state index contributed by atoms with van der Waals surface area (Å²) in [5.41, 5.74) is 8.82. The van der Waals surface area contributed by atoms with Crippen LogP contribution in [0.25, 0.3) is 0 Å². The van der Waals surface area contributed by atoms with E-state index in [9.17, 15) is 14.7 Å². The fourth-order valence-corrected chi connectivity index (χ4v) is 14.3. The van der Waals surface area contributed by atoms with Gasteiger partial charge in [0, 0.05) is 48.5 Å². The standard InChI is InChI=1S/C42H58N10O8Si2/c1-4-52-38(53)28(3)27(2)36(39(52)54)51-50-31-18-12-17-30(25-31)46-42-48-40(47-41(49-42)45-29-15-8-7-9-16-29)44-22-14-23-61(55)56-32-19-10-5-6-11-20-33-37-35(26-34(32)57-61)59-62(58-33,60-37)24-13-21-43/h7-9,12,15-18,25,32-35,37,54-55H,4-6,10-11,13-14,19-24,26,43H2,1-3H3,(H3,44,45,46,47,48,49)/b51-50+. The SMILES string of the molecule is CCn1c(O)c(/N=N/c2cccc(Nc3nc(NCCC[Si]4(O)OC5CCCCCCC6O[Si]7(CCCN)OC(CC5O4)C6O7)nc(Nc4ccccc4)n3)c2)c(C)c(C)c1=O. The number of para-hydroxylation sites is 1. The smallest absolute Gasteiger partial charge is 0.493 e. The van der Waals surface area contributed by atoms with E-state index >= 15 is 0 Å². The van der Waals surface area contributed by atoms with E-state index in [-0.39, 0.29) is 53.6 Å². The molecule has 7 atom stereocenters. The minimum absolute atomic E-state index is 0.0334. The third kappa shape index (κ3) is 10.1. The zero-order chi connectivity index (χ0) is 43.3. The maximum atomic E-state index is 12.6. The summed E-state index contributed by atoms with van der Waals surface area (Å²) in [6.07, 6.45) is 7.32. The third-order valence-corrected chi connectivity index (χ3v) is 17.2. The Balaban J connectivity index is 0.931. The molecule has 0 amide bonds. The Bertz CT molecular complexity index is 2280. The topological polar surface area (TPSA) is 234 Å². The average Bonchev–Trinajstić information content (AvgIpc) is 3.91. The molecule has 3 saturated heterocycles. The molecule has 8 rings (SSSR count). The van der Waals surface area contributed by atoms with Crippen LogP contribution in [0.3, 0.4) is 0 Å². The number of fused-ring (bicyclic) bond motifs is 2. The number of rotatable bonds is 15. The van der Waals surface area contributed by atoms with Crippen molar-refractivity contribution in [3.05, 3.63) is 76.1 Å². The number of azo groups is 1. The Morgan fingerprint density at radius 3 is 2.24 bits per heavy atom. The molecular weight excluding hydrogens is 829 g/mol. The van der Waals surface area contributed by atoms with E-state index in [0.717, 1.165) is 56.7 Å². The summed E-state index contributed by atoms with van der Waals surface area (Å²) in [4.78, 5) is 38.3. The van der Waals surface area contributed by atoms with Crippen molar-refractivity contribution >= 4 is 58.2 Å². The fraction of sp³-hybridized carbons (Fsp3) is 0.524. The summed E-state index contributed by atoms with van der Waals surface area (Å²) >= 11 is 0. The van der Waals surface area contributed by atoms with E-state index in [4.69, 9.17) is 27.9 Å². The summed E-state index contributed by atoms with van der Waals surface area (Å²) < 4.78 is 33.8. The lowest BCUT2D eigenvalue weighted by Crippen LogP contribution is -2.47. The number of nitrogens with two attached hydrogens (primary N) is 1. The van der Waals surface area contributed by atoms with Gasteiger partial charge in [-0.3, -0.25) is 9.36 Å². The molecule has 3 aliphatic heterocycles. The van der Waals surface area contributed by atoms with E-state index in [1.54, 1.807) is 32.9 Å². The number of benzene rings is 2. The lowest BCUT2D eigenvalue weighted by molar-refractivity contribution is -0.0100. The molecule has 7 unspecified atom stereocenters. The van der Waals surface area contributed by atoms with Crippen LogP contribution in [0.2, 0.25) is 12.1 Å². The quantitative estimate of drug-likeness (QED) is 0.0400. The molecule has 2 aromatic heterocycles. The van der Waals surface area contributed by atoms with Gasteiger partial charge in [0.2, 0.25) is 23.7 Å². The van der Waals surface area contributed by atoms with Gasteiger partial charge in [-0.25, -0.2) is 0 Å². The van der Waals surface area contributed by atoms with Gasteiger partial charge >= 0.3 is 17.6 Å². The van der Waals surface area contributed by atoms with Crippen LogP contribution in [0, 0.1) is 13.8 Å². The van der Waals surface area contributed by atoms with E-state index in [2.05, 4.69) is 41.1 Å². The molecular formula is C42H58N10O8Si2. The molecule has 4 aromatic rings. The molecule has 4 aliphatic rings. The number of aromatic nitrogens is 4. The zero-order valence-corrected chi connectivity index (χ0v) is 37.6. The van der Waals surface area contributed by atoms with E-state index in [1.165, 1.54) is 4.57 Å². The molecule has 332 valence electrons. The minimum atomic E-state index is -3.52. The van der Waals surface area contributed by atoms with E-state index < -0.39 is 17.6 Å². The number of hydrogen-bond acceptors (Lipinski definition) is 17. The number of anilines is 5. The second-order valence-electron chi connectivity index (χ2n) is 16.4. The lowest BCUT2D eigenvalue weighted by atomic mass is 9.93. The Morgan fingerprint density at radius 1 is 0.790 bits per heavy atom. The first-order chi connectivity index (χ1) is 30.0. The summed E-state index contributed by atoms with van der Waals surface area (Å²) in [6, 6.07) is 17.9. The largest absolute Gasteiger partial charge is 0.502 e. The van der Waals surface area contributed by atoms with Crippen LogP contribution < -0.4 is 27.2 Å². The Labute approximate surface area is 363 Å². The highest BCUT2D eigenvalue weighted by atomic mass is 28.4.